The van der Waals surface area contributed by atoms with Crippen LogP contribution in [0.5, 0.6) is 5.75 Å². The van der Waals surface area contributed by atoms with Gasteiger partial charge in [0.2, 0.25) is 5.91 Å². The third-order valence-corrected chi connectivity index (χ3v) is 4.21. The molecule has 21 heavy (non-hydrogen) atoms. The van der Waals surface area contributed by atoms with Gasteiger partial charge in [0.25, 0.3) is 0 Å². The Morgan fingerprint density at radius 1 is 1.19 bits per heavy atom. The van der Waals surface area contributed by atoms with Gasteiger partial charge in [-0.1, -0.05) is 30.3 Å². The number of carbonyl (C=O) groups excluding carboxylic acids is 1. The lowest BCUT2D eigenvalue weighted by atomic mass is 9.96. The molecule has 0 fully saturated rings. The second kappa shape index (κ2) is 4.60. The Morgan fingerprint density at radius 2 is 2.05 bits per heavy atom. The number of hydrogen-bond acceptors (Lipinski definition) is 3. The summed E-state index contributed by atoms with van der Waals surface area (Å²) in [5, 5.41) is 2.84. The number of ether oxygens (including phenoxy) is 1. The largest absolute Gasteiger partial charge is 0.488 e. The standard InChI is InChI=1S/C17H16N2O2/c18-17(15-8-10-3-1-2-4-14(10)21-15)11-5-6-13-12(7-11)9-16(20)19-13/h1-7,15,17H,8-9,18H2,(H,19,20). The van der Waals surface area contributed by atoms with Crippen molar-refractivity contribution in [3.63, 3.8) is 0 Å². The molecule has 0 aromatic heterocycles. The highest BCUT2D eigenvalue weighted by Gasteiger charge is 2.29. The van der Waals surface area contributed by atoms with E-state index in [0.29, 0.717) is 6.42 Å². The van der Waals surface area contributed by atoms with Crippen molar-refractivity contribution in [2.24, 2.45) is 5.73 Å². The SMILES string of the molecule is NC(c1ccc2c(c1)CC(=O)N2)C1Cc2ccccc2O1. The molecular formula is C17H16N2O2. The quantitative estimate of drug-likeness (QED) is 0.886. The summed E-state index contributed by atoms with van der Waals surface area (Å²) in [4.78, 5) is 11.4. The number of nitrogens with two attached hydrogens (primary N) is 1. The molecule has 106 valence electrons. The maximum absolute atomic E-state index is 11.4. The summed E-state index contributed by atoms with van der Waals surface area (Å²) in [5.74, 6) is 0.969. The van der Waals surface area contributed by atoms with Crippen LogP contribution in [-0.4, -0.2) is 12.0 Å². The number of carbonyl (C=O) groups is 1. The molecule has 0 spiro atoms. The number of para-hydroxylation sites is 1. The van der Waals surface area contributed by atoms with Crippen molar-refractivity contribution in [1.29, 1.82) is 0 Å². The molecular weight excluding hydrogens is 264 g/mol. The summed E-state index contributed by atoms with van der Waals surface area (Å²) >= 11 is 0. The molecule has 4 nitrogen and oxygen atoms in total. The van der Waals surface area contributed by atoms with E-state index in [1.165, 1.54) is 5.56 Å². The number of rotatable bonds is 2. The van der Waals surface area contributed by atoms with Gasteiger partial charge in [0.05, 0.1) is 12.5 Å². The number of benzene rings is 2. The number of nitrogens with one attached hydrogen (secondary N) is 1. The van der Waals surface area contributed by atoms with Crippen molar-refractivity contribution in [2.45, 2.75) is 25.0 Å². The van der Waals surface area contributed by atoms with Crippen LogP contribution in [0.3, 0.4) is 0 Å². The van der Waals surface area contributed by atoms with Gasteiger partial charge in [0.1, 0.15) is 11.9 Å². The van der Waals surface area contributed by atoms with Crippen LogP contribution in [0.4, 0.5) is 5.69 Å². The first kappa shape index (κ1) is 12.4. The smallest absolute Gasteiger partial charge is 0.228 e. The zero-order chi connectivity index (χ0) is 14.4. The lowest BCUT2D eigenvalue weighted by Gasteiger charge is -2.20. The van der Waals surface area contributed by atoms with E-state index in [1.54, 1.807) is 0 Å². The molecule has 0 saturated carbocycles. The highest BCUT2D eigenvalue weighted by Crippen LogP contribution is 2.34. The minimum Gasteiger partial charge on any atom is -0.488 e. The molecule has 2 aromatic rings. The lowest BCUT2D eigenvalue weighted by molar-refractivity contribution is -0.115. The molecule has 1 amide bonds. The molecule has 2 heterocycles. The molecule has 2 aliphatic heterocycles. The summed E-state index contributed by atoms with van der Waals surface area (Å²) in [6.45, 7) is 0. The Morgan fingerprint density at radius 3 is 2.90 bits per heavy atom. The van der Waals surface area contributed by atoms with Gasteiger partial charge in [-0.15, -0.1) is 0 Å². The third-order valence-electron chi connectivity index (χ3n) is 4.21. The Hall–Kier alpha value is -2.33. The molecule has 2 atom stereocenters. The van der Waals surface area contributed by atoms with Gasteiger partial charge in [0, 0.05) is 12.1 Å². The van der Waals surface area contributed by atoms with Crippen molar-refractivity contribution in [2.75, 3.05) is 5.32 Å². The van der Waals surface area contributed by atoms with E-state index in [1.807, 2.05) is 36.4 Å². The number of fused-ring (bicyclic) bond motifs is 2. The molecule has 0 saturated heterocycles. The minimum atomic E-state index is -0.196. The van der Waals surface area contributed by atoms with Gasteiger partial charge in [-0.25, -0.2) is 0 Å². The normalized spacial score (nSPS) is 20.4. The fraction of sp³-hybridized carbons (Fsp3) is 0.235. The average molecular weight is 280 g/mol. The average Bonchev–Trinajstić information content (AvgIpc) is 3.07. The molecule has 3 N–H and O–H groups in total. The molecule has 2 unspecified atom stereocenters. The van der Waals surface area contributed by atoms with E-state index in [4.69, 9.17) is 10.5 Å². The van der Waals surface area contributed by atoms with Crippen molar-refractivity contribution in [3.8, 4) is 5.75 Å². The van der Waals surface area contributed by atoms with Gasteiger partial charge in [-0.3, -0.25) is 4.79 Å². The molecule has 4 rings (SSSR count). The summed E-state index contributed by atoms with van der Waals surface area (Å²) in [7, 11) is 0. The predicted molar refractivity (Wildman–Crippen MR) is 80.3 cm³/mol. The maximum Gasteiger partial charge on any atom is 0.228 e. The van der Waals surface area contributed by atoms with E-state index in [9.17, 15) is 4.79 Å². The van der Waals surface area contributed by atoms with Crippen molar-refractivity contribution >= 4 is 11.6 Å². The fourth-order valence-corrected chi connectivity index (χ4v) is 3.08. The van der Waals surface area contributed by atoms with E-state index < -0.39 is 0 Å². The van der Waals surface area contributed by atoms with E-state index in [-0.39, 0.29) is 18.1 Å². The zero-order valence-electron chi connectivity index (χ0n) is 11.5. The molecule has 2 aliphatic rings. The van der Waals surface area contributed by atoms with Gasteiger partial charge < -0.3 is 15.8 Å². The Bertz CT molecular complexity index is 701. The molecule has 0 bridgehead atoms. The third kappa shape index (κ3) is 2.08. The number of anilines is 1. The van der Waals surface area contributed by atoms with Gasteiger partial charge in [0.15, 0.2) is 0 Å². The first-order valence-corrected chi connectivity index (χ1v) is 7.13. The Labute approximate surface area is 122 Å². The fourth-order valence-electron chi connectivity index (χ4n) is 3.08. The molecule has 2 aromatic carbocycles. The number of hydrogen-bond donors (Lipinski definition) is 2. The van der Waals surface area contributed by atoms with Crippen LogP contribution in [0.1, 0.15) is 22.7 Å². The first-order chi connectivity index (χ1) is 10.2. The van der Waals surface area contributed by atoms with Crippen LogP contribution in [0.25, 0.3) is 0 Å². The van der Waals surface area contributed by atoms with Crippen molar-refractivity contribution in [1.82, 2.24) is 0 Å². The summed E-state index contributed by atoms with van der Waals surface area (Å²) in [6.07, 6.45) is 1.21. The molecule has 0 aliphatic carbocycles. The van der Waals surface area contributed by atoms with Crippen LogP contribution >= 0.6 is 0 Å². The van der Waals surface area contributed by atoms with Gasteiger partial charge in [-0.05, 0) is 28.8 Å². The van der Waals surface area contributed by atoms with Crippen LogP contribution in [-0.2, 0) is 17.6 Å². The van der Waals surface area contributed by atoms with Crippen LogP contribution in [0.15, 0.2) is 42.5 Å². The Kier molecular flexibility index (Phi) is 2.72. The van der Waals surface area contributed by atoms with Crippen LogP contribution in [0.2, 0.25) is 0 Å². The minimum absolute atomic E-state index is 0.0419. The van der Waals surface area contributed by atoms with Gasteiger partial charge in [-0.2, -0.15) is 0 Å². The van der Waals surface area contributed by atoms with Crippen LogP contribution in [0, 0.1) is 0 Å². The maximum atomic E-state index is 11.4. The second-order valence-corrected chi connectivity index (χ2v) is 5.64. The highest BCUT2D eigenvalue weighted by molar-refractivity contribution is 5.99. The highest BCUT2D eigenvalue weighted by atomic mass is 16.5. The van der Waals surface area contributed by atoms with E-state index in [0.717, 1.165) is 29.0 Å². The second-order valence-electron chi connectivity index (χ2n) is 5.64. The molecule has 4 heteroatoms. The summed E-state index contributed by atoms with van der Waals surface area (Å²) < 4.78 is 5.96. The predicted octanol–water partition coefficient (Wildman–Crippen LogP) is 2.18. The van der Waals surface area contributed by atoms with Crippen molar-refractivity contribution < 1.29 is 9.53 Å². The first-order valence-electron chi connectivity index (χ1n) is 7.13. The van der Waals surface area contributed by atoms with E-state index >= 15 is 0 Å². The monoisotopic (exact) mass is 280 g/mol. The van der Waals surface area contributed by atoms with Gasteiger partial charge >= 0.3 is 0 Å². The molecule has 0 radical (unpaired) electrons. The lowest BCUT2D eigenvalue weighted by Crippen LogP contribution is -2.30. The van der Waals surface area contributed by atoms with Crippen molar-refractivity contribution in [3.05, 3.63) is 59.2 Å². The summed E-state index contributed by atoms with van der Waals surface area (Å²) in [6, 6.07) is 13.8. The topological polar surface area (TPSA) is 64.4 Å². The zero-order valence-corrected chi connectivity index (χ0v) is 11.5. The van der Waals surface area contributed by atoms with E-state index in [2.05, 4.69) is 11.4 Å². The number of amides is 1. The summed E-state index contributed by atoms with van der Waals surface area (Å²) in [5.41, 5.74) is 10.5. The Balaban J connectivity index is 1.58. The van der Waals surface area contributed by atoms with Crippen LogP contribution < -0.4 is 15.8 Å².